The van der Waals surface area contributed by atoms with Crippen LogP contribution >= 0.6 is 0 Å². The van der Waals surface area contributed by atoms with E-state index in [0.29, 0.717) is 18.6 Å². The van der Waals surface area contributed by atoms with Gasteiger partial charge in [-0.15, -0.1) is 6.58 Å². The fourth-order valence-corrected chi connectivity index (χ4v) is 2.19. The van der Waals surface area contributed by atoms with Crippen molar-refractivity contribution in [1.29, 1.82) is 0 Å². The molecule has 0 amide bonds. The van der Waals surface area contributed by atoms with Crippen molar-refractivity contribution < 1.29 is 9.53 Å². The van der Waals surface area contributed by atoms with E-state index in [-0.39, 0.29) is 0 Å². The van der Waals surface area contributed by atoms with Crippen LogP contribution in [0.2, 0.25) is 0 Å². The van der Waals surface area contributed by atoms with Crippen molar-refractivity contribution >= 4 is 6.29 Å². The summed E-state index contributed by atoms with van der Waals surface area (Å²) in [4.78, 5) is 10.9. The number of benzene rings is 2. The van der Waals surface area contributed by atoms with Gasteiger partial charge in [0.1, 0.15) is 18.6 Å². The molecule has 2 aromatic carbocycles. The first-order chi connectivity index (χ1) is 9.74. The number of rotatable bonds is 6. The number of aryl methyl sites for hydroxylation is 1. The Morgan fingerprint density at radius 2 is 1.95 bits per heavy atom. The number of hydrogen-bond acceptors (Lipinski definition) is 2. The second-order valence-electron chi connectivity index (χ2n) is 4.71. The Labute approximate surface area is 119 Å². The van der Waals surface area contributed by atoms with Crippen molar-refractivity contribution in [2.24, 2.45) is 0 Å². The van der Waals surface area contributed by atoms with Gasteiger partial charge in [0, 0.05) is 5.56 Å². The van der Waals surface area contributed by atoms with Crippen molar-refractivity contribution in [3.05, 3.63) is 77.4 Å². The van der Waals surface area contributed by atoms with Crippen molar-refractivity contribution in [2.45, 2.75) is 20.0 Å². The lowest BCUT2D eigenvalue weighted by Gasteiger charge is -2.14. The Morgan fingerprint density at radius 1 is 1.20 bits per heavy atom. The van der Waals surface area contributed by atoms with E-state index in [1.807, 2.05) is 55.5 Å². The maximum absolute atomic E-state index is 10.9. The molecule has 2 heteroatoms. The molecule has 0 spiro atoms. The largest absolute Gasteiger partial charge is 0.488 e. The van der Waals surface area contributed by atoms with Crippen LogP contribution in [-0.4, -0.2) is 6.29 Å². The van der Waals surface area contributed by atoms with Gasteiger partial charge in [0.25, 0.3) is 0 Å². The summed E-state index contributed by atoms with van der Waals surface area (Å²) in [5.41, 5.74) is 3.77. The molecule has 0 N–H and O–H groups in total. The second-order valence-corrected chi connectivity index (χ2v) is 4.71. The van der Waals surface area contributed by atoms with Crippen molar-refractivity contribution in [3.8, 4) is 5.75 Å². The quantitative estimate of drug-likeness (QED) is 0.581. The van der Waals surface area contributed by atoms with Gasteiger partial charge in [-0.3, -0.25) is 4.79 Å². The molecule has 0 aliphatic rings. The SMILES string of the molecule is C=CCc1cc(C=O)cc(C)c1OCc1ccccc1. The summed E-state index contributed by atoms with van der Waals surface area (Å²) >= 11 is 0. The number of aldehydes is 1. The molecule has 2 nitrogen and oxygen atoms in total. The molecular formula is C18H18O2. The van der Waals surface area contributed by atoms with Gasteiger partial charge in [-0.1, -0.05) is 36.4 Å². The van der Waals surface area contributed by atoms with Crippen LogP contribution < -0.4 is 4.74 Å². The van der Waals surface area contributed by atoms with E-state index in [1.54, 1.807) is 0 Å². The van der Waals surface area contributed by atoms with Gasteiger partial charge in [-0.05, 0) is 42.2 Å². The lowest BCUT2D eigenvalue weighted by Crippen LogP contribution is -2.01. The third-order valence-electron chi connectivity index (χ3n) is 3.10. The molecule has 0 unspecified atom stereocenters. The van der Waals surface area contributed by atoms with Gasteiger partial charge in [0.2, 0.25) is 0 Å². The maximum Gasteiger partial charge on any atom is 0.150 e. The van der Waals surface area contributed by atoms with Crippen LogP contribution in [-0.2, 0) is 13.0 Å². The van der Waals surface area contributed by atoms with E-state index in [0.717, 1.165) is 28.7 Å². The Balaban J connectivity index is 2.25. The minimum absolute atomic E-state index is 0.520. The molecule has 2 aromatic rings. The number of carbonyl (C=O) groups is 1. The molecule has 20 heavy (non-hydrogen) atoms. The predicted octanol–water partition coefficient (Wildman–Crippen LogP) is 4.12. The van der Waals surface area contributed by atoms with E-state index in [9.17, 15) is 4.79 Å². The molecule has 0 aliphatic heterocycles. The first-order valence-electron chi connectivity index (χ1n) is 6.61. The molecule has 0 fully saturated rings. The molecule has 102 valence electrons. The van der Waals surface area contributed by atoms with E-state index in [1.165, 1.54) is 0 Å². The monoisotopic (exact) mass is 266 g/mol. The predicted molar refractivity (Wildman–Crippen MR) is 81.2 cm³/mol. The van der Waals surface area contributed by atoms with Gasteiger partial charge >= 0.3 is 0 Å². The number of ether oxygens (including phenoxy) is 1. The smallest absolute Gasteiger partial charge is 0.150 e. The Morgan fingerprint density at radius 3 is 2.60 bits per heavy atom. The molecule has 0 saturated carbocycles. The standard InChI is InChI=1S/C18H18O2/c1-3-7-17-11-16(12-19)10-14(2)18(17)20-13-15-8-5-4-6-9-15/h3-6,8-12H,1,7,13H2,2H3. The summed E-state index contributed by atoms with van der Waals surface area (Å²) in [5.74, 6) is 0.847. The lowest BCUT2D eigenvalue weighted by atomic mass is 10.0. The van der Waals surface area contributed by atoms with Crippen LogP contribution in [0, 0.1) is 6.92 Å². The fourth-order valence-electron chi connectivity index (χ4n) is 2.19. The van der Waals surface area contributed by atoms with Crippen LogP contribution in [0.3, 0.4) is 0 Å². The fraction of sp³-hybridized carbons (Fsp3) is 0.167. The highest BCUT2D eigenvalue weighted by Gasteiger charge is 2.09. The summed E-state index contributed by atoms with van der Waals surface area (Å²) in [6.45, 7) is 6.23. The zero-order valence-corrected chi connectivity index (χ0v) is 11.6. The molecule has 0 atom stereocenters. The van der Waals surface area contributed by atoms with Gasteiger partial charge in [0.05, 0.1) is 0 Å². The topological polar surface area (TPSA) is 26.3 Å². The molecule has 0 saturated heterocycles. The van der Waals surface area contributed by atoms with Crippen molar-refractivity contribution in [2.75, 3.05) is 0 Å². The highest BCUT2D eigenvalue weighted by molar-refractivity contribution is 5.76. The zero-order valence-electron chi connectivity index (χ0n) is 11.6. The van der Waals surface area contributed by atoms with Gasteiger partial charge in [-0.25, -0.2) is 0 Å². The van der Waals surface area contributed by atoms with Crippen LogP contribution in [0.15, 0.2) is 55.1 Å². The first-order valence-corrected chi connectivity index (χ1v) is 6.61. The van der Waals surface area contributed by atoms with E-state index < -0.39 is 0 Å². The van der Waals surface area contributed by atoms with Gasteiger partial charge < -0.3 is 4.74 Å². The molecular weight excluding hydrogens is 248 g/mol. The molecule has 0 heterocycles. The average Bonchev–Trinajstić information content (AvgIpc) is 2.47. The third kappa shape index (κ3) is 3.35. The van der Waals surface area contributed by atoms with E-state index >= 15 is 0 Å². The molecule has 0 aliphatic carbocycles. The minimum atomic E-state index is 0.520. The van der Waals surface area contributed by atoms with Gasteiger partial charge in [0.15, 0.2) is 0 Å². The Kier molecular flexibility index (Phi) is 4.72. The average molecular weight is 266 g/mol. The van der Waals surface area contributed by atoms with Crippen molar-refractivity contribution in [3.63, 3.8) is 0 Å². The first kappa shape index (κ1) is 14.1. The summed E-state index contributed by atoms with van der Waals surface area (Å²) in [5, 5.41) is 0. The highest BCUT2D eigenvalue weighted by Crippen LogP contribution is 2.26. The van der Waals surface area contributed by atoms with E-state index in [2.05, 4.69) is 6.58 Å². The van der Waals surface area contributed by atoms with E-state index in [4.69, 9.17) is 4.74 Å². The third-order valence-corrected chi connectivity index (χ3v) is 3.10. The van der Waals surface area contributed by atoms with Crippen LogP contribution in [0.1, 0.15) is 27.0 Å². The highest BCUT2D eigenvalue weighted by atomic mass is 16.5. The number of allylic oxidation sites excluding steroid dienone is 1. The van der Waals surface area contributed by atoms with Gasteiger partial charge in [-0.2, -0.15) is 0 Å². The Hall–Kier alpha value is -2.35. The maximum atomic E-state index is 10.9. The molecule has 0 aromatic heterocycles. The lowest BCUT2D eigenvalue weighted by molar-refractivity contribution is 0.112. The second kappa shape index (κ2) is 6.71. The van der Waals surface area contributed by atoms with Crippen LogP contribution in [0.25, 0.3) is 0 Å². The summed E-state index contributed by atoms with van der Waals surface area (Å²) in [6.07, 6.45) is 3.37. The molecule has 0 bridgehead atoms. The van der Waals surface area contributed by atoms with Crippen LogP contribution in [0.5, 0.6) is 5.75 Å². The Bertz CT molecular complexity index is 600. The number of hydrogen-bond donors (Lipinski definition) is 0. The molecule has 2 rings (SSSR count). The van der Waals surface area contributed by atoms with Crippen LogP contribution in [0.4, 0.5) is 0 Å². The summed E-state index contributed by atoms with van der Waals surface area (Å²) in [6, 6.07) is 13.7. The summed E-state index contributed by atoms with van der Waals surface area (Å²) in [7, 11) is 0. The molecule has 0 radical (unpaired) electrons. The number of carbonyl (C=O) groups excluding carboxylic acids is 1. The normalized spacial score (nSPS) is 10.1. The minimum Gasteiger partial charge on any atom is -0.488 e. The zero-order chi connectivity index (χ0) is 14.4. The summed E-state index contributed by atoms with van der Waals surface area (Å²) < 4.78 is 5.94. The van der Waals surface area contributed by atoms with Crippen molar-refractivity contribution in [1.82, 2.24) is 0 Å².